The number of H-pyrrole nitrogens is 2. The Morgan fingerprint density at radius 3 is 1.50 bits per heavy atom. The molecular formula is C62H77FN4O3. The maximum atomic E-state index is 13.2. The first kappa shape index (κ1) is 54.3. The summed E-state index contributed by atoms with van der Waals surface area (Å²) < 4.78 is 13.2. The third kappa shape index (κ3) is 13.1. The van der Waals surface area contributed by atoms with Crippen molar-refractivity contribution in [3.63, 3.8) is 0 Å². The molecule has 0 amide bonds. The van der Waals surface area contributed by atoms with Crippen LogP contribution < -0.4 is 0 Å². The zero-order chi connectivity index (χ0) is 52.1. The fraction of sp³-hybridized carbons (Fsp3) is 0.355. The van der Waals surface area contributed by atoms with Crippen LogP contribution in [0, 0.1) is 19.7 Å². The SMILES string of the molecule is CC(C)(C)c1c(O)ccc2ccccc12.CC(C)(C)c1c(O)cccc1F.CC(C)(C)c1cc(O)cc2ccccc12.Cc1ccc2[nH]ncc2c1C(C)(C)C.Cc1ccc2cn[nH]c2c1C(C)(C)C. The molecule has 2 aromatic heterocycles. The molecule has 0 aliphatic heterocycles. The maximum absolute atomic E-state index is 13.2. The predicted molar refractivity (Wildman–Crippen MR) is 294 cm³/mol. The van der Waals surface area contributed by atoms with E-state index >= 15 is 0 Å². The Morgan fingerprint density at radius 1 is 0.414 bits per heavy atom. The number of hydrogen-bond donors (Lipinski definition) is 5. The number of aryl methyl sites for hydroxylation is 2. The van der Waals surface area contributed by atoms with Gasteiger partial charge in [-0.05, 0) is 127 Å². The van der Waals surface area contributed by atoms with Crippen molar-refractivity contribution < 1.29 is 19.7 Å². The van der Waals surface area contributed by atoms with Gasteiger partial charge in [-0.15, -0.1) is 0 Å². The maximum Gasteiger partial charge on any atom is 0.130 e. The number of aromatic hydroxyl groups is 3. The van der Waals surface area contributed by atoms with Crippen LogP contribution in [-0.2, 0) is 27.1 Å². The second kappa shape index (κ2) is 21.1. The van der Waals surface area contributed by atoms with Crippen LogP contribution in [0.25, 0.3) is 43.4 Å². The summed E-state index contributed by atoms with van der Waals surface area (Å²) in [4.78, 5) is 0. The molecule has 9 aromatic rings. The number of phenols is 3. The third-order valence-electron chi connectivity index (χ3n) is 12.2. The average molecular weight is 945 g/mol. The summed E-state index contributed by atoms with van der Waals surface area (Å²) in [6, 6.07) is 36.6. The lowest BCUT2D eigenvalue weighted by Gasteiger charge is -2.22. The van der Waals surface area contributed by atoms with Gasteiger partial charge in [-0.25, -0.2) is 4.39 Å². The summed E-state index contributed by atoms with van der Waals surface area (Å²) >= 11 is 0. The van der Waals surface area contributed by atoms with Crippen LogP contribution in [0.2, 0.25) is 0 Å². The molecule has 2 heterocycles. The summed E-state index contributed by atoms with van der Waals surface area (Å²) in [5, 5.41) is 50.4. The molecule has 0 unspecified atom stereocenters. The standard InChI is InChI=1S/2C14H16O.2C12H16N2.C10H13FO/c1-14(2,3)13-9-11(15)8-10-6-4-5-7-12(10)13;1-14(2,3)13-11-7-5-4-6-10(11)8-9-12(13)15;1-8-5-6-10-9(7-13-14-10)11(8)12(2,3)4;1-8-5-6-9-7-13-14-11(9)10(8)12(2,3)4;1-10(2,3)9-7(11)5-4-6-8(9)12/h2*4-9,15H,1-3H3;2*5-7H,1-4H3,(H,13,14);4-6,12H,1-3H3. The van der Waals surface area contributed by atoms with E-state index < -0.39 is 0 Å². The summed E-state index contributed by atoms with van der Waals surface area (Å²) in [7, 11) is 0. The topological polar surface area (TPSA) is 118 Å². The molecule has 70 heavy (non-hydrogen) atoms. The summed E-state index contributed by atoms with van der Waals surface area (Å²) in [5.74, 6) is 0.421. The van der Waals surface area contributed by atoms with E-state index in [0.29, 0.717) is 17.1 Å². The van der Waals surface area contributed by atoms with Crippen molar-refractivity contribution in [3.05, 3.63) is 172 Å². The summed E-state index contributed by atoms with van der Waals surface area (Å²) in [5.41, 5.74) is 10.3. The zero-order valence-electron chi connectivity index (χ0n) is 44.7. The van der Waals surface area contributed by atoms with Gasteiger partial charge in [0, 0.05) is 21.9 Å². The molecule has 7 aromatic carbocycles. The van der Waals surface area contributed by atoms with Gasteiger partial charge in [0.25, 0.3) is 0 Å². The molecule has 9 rings (SSSR count). The van der Waals surface area contributed by atoms with Gasteiger partial charge < -0.3 is 15.3 Å². The van der Waals surface area contributed by atoms with Gasteiger partial charge in [0.1, 0.15) is 23.1 Å². The quantitative estimate of drug-likeness (QED) is 0.104. The lowest BCUT2D eigenvalue weighted by atomic mass is 9.82. The van der Waals surface area contributed by atoms with E-state index in [1.165, 1.54) is 73.1 Å². The van der Waals surface area contributed by atoms with E-state index in [1.807, 2.05) is 81.7 Å². The molecule has 370 valence electrons. The minimum atomic E-state index is -0.352. The first-order valence-corrected chi connectivity index (χ1v) is 24.2. The Labute approximate surface area is 416 Å². The van der Waals surface area contributed by atoms with Gasteiger partial charge in [-0.3, -0.25) is 10.2 Å². The third-order valence-corrected chi connectivity index (χ3v) is 12.2. The summed E-state index contributed by atoms with van der Waals surface area (Å²) in [6.07, 6.45) is 3.80. The Bertz CT molecular complexity index is 3090. The highest BCUT2D eigenvalue weighted by Crippen LogP contribution is 2.38. The van der Waals surface area contributed by atoms with Gasteiger partial charge in [0.05, 0.1) is 23.4 Å². The number of nitrogens with one attached hydrogen (secondary N) is 2. The van der Waals surface area contributed by atoms with Crippen molar-refractivity contribution in [1.29, 1.82) is 0 Å². The smallest absolute Gasteiger partial charge is 0.130 e. The Hall–Kier alpha value is -6.67. The number of rotatable bonds is 0. The average Bonchev–Trinajstić information content (AvgIpc) is 3.92. The fourth-order valence-electron chi connectivity index (χ4n) is 9.42. The largest absolute Gasteiger partial charge is 0.508 e. The first-order chi connectivity index (χ1) is 32.4. The van der Waals surface area contributed by atoms with Crippen molar-refractivity contribution in [3.8, 4) is 17.2 Å². The van der Waals surface area contributed by atoms with Gasteiger partial charge in [0.15, 0.2) is 0 Å². The first-order valence-electron chi connectivity index (χ1n) is 24.2. The van der Waals surface area contributed by atoms with Crippen LogP contribution >= 0.6 is 0 Å². The van der Waals surface area contributed by atoms with Crippen LogP contribution in [0.1, 0.15) is 143 Å². The van der Waals surface area contributed by atoms with Crippen LogP contribution in [0.4, 0.5) is 4.39 Å². The van der Waals surface area contributed by atoms with Crippen molar-refractivity contribution in [2.24, 2.45) is 0 Å². The van der Waals surface area contributed by atoms with E-state index in [-0.39, 0.29) is 38.6 Å². The fourth-order valence-corrected chi connectivity index (χ4v) is 9.42. The van der Waals surface area contributed by atoms with Crippen molar-refractivity contribution >= 4 is 43.4 Å². The minimum absolute atomic E-state index is 0.0301. The van der Waals surface area contributed by atoms with Crippen molar-refractivity contribution in [2.75, 3.05) is 0 Å². The number of halogens is 1. The molecule has 0 saturated heterocycles. The normalized spacial score (nSPS) is 12.0. The number of fused-ring (bicyclic) bond motifs is 4. The van der Waals surface area contributed by atoms with Gasteiger partial charge in [-0.2, -0.15) is 10.2 Å². The second-order valence-corrected chi connectivity index (χ2v) is 23.5. The van der Waals surface area contributed by atoms with Crippen LogP contribution in [-0.4, -0.2) is 35.7 Å². The number of phenolic OH excluding ortho intramolecular Hbond substituents is 3. The second-order valence-electron chi connectivity index (χ2n) is 23.5. The number of aromatic amines is 2. The Balaban J connectivity index is 0.000000163. The van der Waals surface area contributed by atoms with E-state index in [0.717, 1.165) is 21.9 Å². The molecule has 0 bridgehead atoms. The van der Waals surface area contributed by atoms with Crippen LogP contribution in [0.15, 0.2) is 128 Å². The highest BCUT2D eigenvalue weighted by atomic mass is 19.1. The van der Waals surface area contributed by atoms with Gasteiger partial charge in [-0.1, -0.05) is 183 Å². The molecule has 7 nitrogen and oxygen atoms in total. The molecule has 0 fully saturated rings. The van der Waals surface area contributed by atoms with Crippen molar-refractivity contribution in [2.45, 2.75) is 145 Å². The van der Waals surface area contributed by atoms with Crippen LogP contribution in [0.3, 0.4) is 0 Å². The van der Waals surface area contributed by atoms with E-state index in [1.54, 1.807) is 6.07 Å². The predicted octanol–water partition coefficient (Wildman–Crippen LogP) is 16.9. The van der Waals surface area contributed by atoms with E-state index in [2.05, 4.69) is 160 Å². The molecule has 0 spiro atoms. The van der Waals surface area contributed by atoms with Gasteiger partial charge >= 0.3 is 0 Å². The molecular weight excluding hydrogens is 868 g/mol. The Morgan fingerprint density at radius 2 is 0.929 bits per heavy atom. The molecule has 0 saturated carbocycles. The number of benzene rings is 7. The number of aromatic nitrogens is 4. The van der Waals surface area contributed by atoms with E-state index in [9.17, 15) is 19.7 Å². The molecule has 0 atom stereocenters. The number of nitrogens with zero attached hydrogens (tertiary/aromatic N) is 2. The molecule has 0 aliphatic rings. The lowest BCUT2D eigenvalue weighted by molar-refractivity contribution is 0.429. The van der Waals surface area contributed by atoms with Gasteiger partial charge in [0.2, 0.25) is 0 Å². The molecule has 0 radical (unpaired) electrons. The van der Waals surface area contributed by atoms with Crippen LogP contribution in [0.5, 0.6) is 17.2 Å². The highest BCUT2D eigenvalue weighted by molar-refractivity contribution is 5.89. The molecule has 0 aliphatic carbocycles. The zero-order valence-corrected chi connectivity index (χ0v) is 44.7. The Kier molecular flexibility index (Phi) is 16.4. The number of hydrogen-bond acceptors (Lipinski definition) is 5. The van der Waals surface area contributed by atoms with Crippen molar-refractivity contribution in [1.82, 2.24) is 20.4 Å². The summed E-state index contributed by atoms with van der Waals surface area (Å²) in [6.45, 7) is 36.2. The molecule has 5 N–H and O–H groups in total. The lowest BCUT2D eigenvalue weighted by Crippen LogP contribution is -2.13. The minimum Gasteiger partial charge on any atom is -0.508 e. The monoisotopic (exact) mass is 945 g/mol. The molecule has 8 heteroatoms. The van der Waals surface area contributed by atoms with E-state index in [4.69, 9.17) is 0 Å². The highest BCUT2D eigenvalue weighted by Gasteiger charge is 2.24.